The van der Waals surface area contributed by atoms with Crippen molar-refractivity contribution in [1.82, 2.24) is 0 Å². The molecule has 2 aliphatic heterocycles. The van der Waals surface area contributed by atoms with Crippen molar-refractivity contribution in [3.05, 3.63) is 80.1 Å². The molecular weight excluding hydrogens is 547 g/mol. The molecule has 1 aromatic heterocycles. The highest BCUT2D eigenvalue weighted by Crippen LogP contribution is 2.51. The average molecular weight is 571 g/mol. The van der Waals surface area contributed by atoms with Crippen molar-refractivity contribution in [2.75, 3.05) is 16.6 Å². The first-order chi connectivity index (χ1) is 18.4. The largest absolute Gasteiger partial charge is 0.462 e. The second-order valence-corrected chi connectivity index (χ2v) is 11.4. The number of carbonyl (C=O) groups excluding carboxylic acids is 3. The minimum atomic E-state index is -1.08. The van der Waals surface area contributed by atoms with E-state index in [-0.39, 0.29) is 6.61 Å². The third-order valence-electron chi connectivity index (χ3n) is 7.24. The number of anilines is 2. The summed E-state index contributed by atoms with van der Waals surface area (Å²) in [6, 6.07) is 13.6. The molecule has 0 bridgehead atoms. The minimum absolute atomic E-state index is 0.197. The van der Waals surface area contributed by atoms with Crippen LogP contribution in [0.5, 0.6) is 0 Å². The van der Waals surface area contributed by atoms with Crippen molar-refractivity contribution in [3.8, 4) is 0 Å². The molecule has 2 amide bonds. The molecule has 0 unspecified atom stereocenters. The third-order valence-corrected chi connectivity index (χ3v) is 9.08. The van der Waals surface area contributed by atoms with E-state index in [1.165, 1.54) is 11.3 Å². The maximum atomic E-state index is 14.2. The van der Waals surface area contributed by atoms with Crippen LogP contribution in [0.3, 0.4) is 0 Å². The van der Waals surface area contributed by atoms with Gasteiger partial charge in [0.1, 0.15) is 10.9 Å². The Morgan fingerprint density at radius 1 is 1.08 bits per heavy atom. The number of carbonyl (C=O) groups is 3. The molecule has 196 valence electrons. The average Bonchev–Trinajstić information content (AvgIpc) is 3.55. The standard InChI is InChI=1S/C28H24Cl2N2O5S/c1-2-36-28(35)21-18-10-6-7-11-20(18)38-27(21)31-25(33)22-23(17-13-12-15(29)14-19(17)30)32(37-24(22)26(31)34)16-8-4-3-5-9-16/h3-5,8-9,12-14,22-24H,2,6-7,10-11H2,1H3/t22-,23-,24+/m1/s1. The van der Waals surface area contributed by atoms with E-state index >= 15 is 0 Å². The van der Waals surface area contributed by atoms with Gasteiger partial charge in [0.15, 0.2) is 6.10 Å². The number of ether oxygens (including phenoxy) is 1. The molecule has 0 N–H and O–H groups in total. The van der Waals surface area contributed by atoms with Gasteiger partial charge in [0.2, 0.25) is 5.91 Å². The van der Waals surface area contributed by atoms with Gasteiger partial charge in [-0.2, -0.15) is 0 Å². The predicted molar refractivity (Wildman–Crippen MR) is 146 cm³/mol. The lowest BCUT2D eigenvalue weighted by Crippen LogP contribution is -2.37. The van der Waals surface area contributed by atoms with Gasteiger partial charge in [-0.15, -0.1) is 11.3 Å². The van der Waals surface area contributed by atoms with Gasteiger partial charge < -0.3 is 4.74 Å². The smallest absolute Gasteiger partial charge is 0.341 e. The van der Waals surface area contributed by atoms with E-state index in [0.717, 1.165) is 34.6 Å². The Hall–Kier alpha value is -2.91. The van der Waals surface area contributed by atoms with Crippen molar-refractivity contribution in [1.29, 1.82) is 0 Å². The first-order valence-corrected chi connectivity index (χ1v) is 14.1. The Bertz CT molecular complexity index is 1440. The Labute approximate surface area is 233 Å². The summed E-state index contributed by atoms with van der Waals surface area (Å²) in [5.74, 6) is -2.32. The van der Waals surface area contributed by atoms with E-state index in [9.17, 15) is 14.4 Å². The molecule has 1 aliphatic carbocycles. The summed E-state index contributed by atoms with van der Waals surface area (Å²) in [4.78, 5) is 49.5. The zero-order chi connectivity index (χ0) is 26.6. The maximum absolute atomic E-state index is 14.2. The van der Waals surface area contributed by atoms with Crippen LogP contribution in [0.1, 0.15) is 52.2 Å². The summed E-state index contributed by atoms with van der Waals surface area (Å²) in [7, 11) is 0. The highest BCUT2D eigenvalue weighted by Gasteiger charge is 2.61. The van der Waals surface area contributed by atoms with Crippen LogP contribution in [0.2, 0.25) is 10.0 Å². The summed E-state index contributed by atoms with van der Waals surface area (Å²) in [6.07, 6.45) is 2.37. The summed E-state index contributed by atoms with van der Waals surface area (Å²) >= 11 is 14.1. The van der Waals surface area contributed by atoms with Crippen LogP contribution in [-0.2, 0) is 32.0 Å². The molecule has 0 radical (unpaired) electrons. The Morgan fingerprint density at radius 3 is 2.58 bits per heavy atom. The zero-order valence-corrected chi connectivity index (χ0v) is 22.8. The molecule has 0 saturated carbocycles. The van der Waals surface area contributed by atoms with E-state index < -0.39 is 35.8 Å². The number of rotatable bonds is 5. The van der Waals surface area contributed by atoms with Gasteiger partial charge in [0, 0.05) is 14.9 Å². The van der Waals surface area contributed by atoms with Gasteiger partial charge in [0.05, 0.1) is 23.9 Å². The summed E-state index contributed by atoms with van der Waals surface area (Å²) in [6.45, 7) is 1.93. The fourth-order valence-corrected chi connectivity index (χ4v) is 7.50. The fourth-order valence-electron chi connectivity index (χ4n) is 5.59. The van der Waals surface area contributed by atoms with Gasteiger partial charge in [-0.1, -0.05) is 47.5 Å². The van der Waals surface area contributed by atoms with Crippen LogP contribution in [0.4, 0.5) is 10.7 Å². The van der Waals surface area contributed by atoms with Crippen LogP contribution >= 0.6 is 34.5 Å². The number of esters is 1. The van der Waals surface area contributed by atoms with Crippen LogP contribution in [0, 0.1) is 5.92 Å². The Morgan fingerprint density at radius 2 is 1.84 bits per heavy atom. The second-order valence-electron chi connectivity index (χ2n) is 9.45. The van der Waals surface area contributed by atoms with E-state index in [4.69, 9.17) is 32.8 Å². The van der Waals surface area contributed by atoms with Gasteiger partial charge in [0.25, 0.3) is 5.91 Å². The molecule has 10 heteroatoms. The number of thiophene rings is 1. The number of hydrogen-bond acceptors (Lipinski definition) is 7. The van der Waals surface area contributed by atoms with Crippen molar-refractivity contribution in [2.45, 2.75) is 44.8 Å². The second kappa shape index (κ2) is 10.0. The number of fused-ring (bicyclic) bond motifs is 2. The van der Waals surface area contributed by atoms with Crippen molar-refractivity contribution < 1.29 is 24.0 Å². The van der Waals surface area contributed by atoms with Crippen molar-refractivity contribution in [2.24, 2.45) is 5.92 Å². The fraction of sp³-hybridized carbons (Fsp3) is 0.321. The zero-order valence-electron chi connectivity index (χ0n) is 20.5. The third kappa shape index (κ3) is 4.02. The molecule has 7 nitrogen and oxygen atoms in total. The van der Waals surface area contributed by atoms with E-state index in [0.29, 0.717) is 38.3 Å². The number of benzene rings is 2. The number of nitrogens with zero attached hydrogens (tertiary/aromatic N) is 2. The first kappa shape index (κ1) is 25.4. The van der Waals surface area contributed by atoms with Crippen LogP contribution < -0.4 is 9.96 Å². The van der Waals surface area contributed by atoms with E-state index in [1.807, 2.05) is 30.3 Å². The van der Waals surface area contributed by atoms with Crippen LogP contribution in [-0.4, -0.2) is 30.5 Å². The number of imide groups is 1. The molecule has 2 saturated heterocycles. The topological polar surface area (TPSA) is 76.2 Å². The first-order valence-electron chi connectivity index (χ1n) is 12.6. The molecular formula is C28H24Cl2N2O5S. The quantitative estimate of drug-likeness (QED) is 0.270. The van der Waals surface area contributed by atoms with Crippen molar-refractivity contribution >= 4 is 63.0 Å². The summed E-state index contributed by atoms with van der Waals surface area (Å²) in [5.41, 5.74) is 2.51. The summed E-state index contributed by atoms with van der Waals surface area (Å²) < 4.78 is 5.36. The maximum Gasteiger partial charge on any atom is 0.341 e. The highest BCUT2D eigenvalue weighted by molar-refractivity contribution is 7.17. The molecule has 2 fully saturated rings. The predicted octanol–water partition coefficient (Wildman–Crippen LogP) is 6.16. The van der Waals surface area contributed by atoms with Gasteiger partial charge in [-0.05, 0) is 68.0 Å². The normalized spacial score (nSPS) is 22.6. The monoisotopic (exact) mass is 570 g/mol. The molecule has 3 atom stereocenters. The van der Waals surface area contributed by atoms with Gasteiger partial charge >= 0.3 is 5.97 Å². The number of aryl methyl sites for hydroxylation is 1. The lowest BCUT2D eigenvalue weighted by atomic mass is 9.90. The van der Waals surface area contributed by atoms with Crippen LogP contribution in [0.15, 0.2) is 48.5 Å². The number of hydrogen-bond donors (Lipinski definition) is 0. The molecule has 0 spiro atoms. The molecule has 3 aromatic rings. The van der Waals surface area contributed by atoms with Crippen LogP contribution in [0.25, 0.3) is 0 Å². The lowest BCUT2D eigenvalue weighted by Gasteiger charge is -2.29. The highest BCUT2D eigenvalue weighted by atomic mass is 35.5. The number of amides is 2. The molecule has 3 heterocycles. The minimum Gasteiger partial charge on any atom is -0.462 e. The van der Waals surface area contributed by atoms with E-state index in [2.05, 4.69) is 0 Å². The summed E-state index contributed by atoms with van der Waals surface area (Å²) in [5, 5.41) is 2.74. The number of halogens is 2. The van der Waals surface area contributed by atoms with Crippen molar-refractivity contribution in [3.63, 3.8) is 0 Å². The SMILES string of the molecule is CCOC(=O)c1c(N2C(=O)[C@H]3[C@H](ON(c4ccccc4)[C@@H]3c3ccc(Cl)cc3Cl)C2=O)sc2c1CCCC2. The van der Waals surface area contributed by atoms with Gasteiger partial charge in [-0.25, -0.2) is 14.8 Å². The van der Waals surface area contributed by atoms with Gasteiger partial charge in [-0.3, -0.25) is 14.4 Å². The molecule has 6 rings (SSSR count). The molecule has 3 aliphatic rings. The molecule has 38 heavy (non-hydrogen) atoms. The Kier molecular flexibility index (Phi) is 6.68. The number of hydroxylamine groups is 1. The molecule has 2 aromatic carbocycles. The Balaban J connectivity index is 1.46. The number of para-hydroxylation sites is 1. The lowest BCUT2D eigenvalue weighted by molar-refractivity contribution is -0.126. The van der Waals surface area contributed by atoms with E-state index in [1.54, 1.807) is 30.2 Å².